The molecule has 2 fully saturated rings. The van der Waals surface area contributed by atoms with Crippen molar-refractivity contribution in [3.63, 3.8) is 0 Å². The molecule has 5 heteroatoms. The number of Topliss-reactive ketones (excluding diaryl/α,β-unsaturated/α-hetero) is 1. The van der Waals surface area contributed by atoms with Crippen LogP contribution in [0.3, 0.4) is 0 Å². The molecule has 1 aromatic rings. The standard InChI is InChI=1S/C20H25FN2O2/c1-13(24)10-14-6-9-23(12-14)16-4-7-20(8-5-16)17-3-2-15(21)11-18(17)22-19(20)25/h2-3,11,14,16H,4-10,12H2,1H3,(H,22,25)/t14-,16?,20?/m1/s1. The normalized spacial score (nSPS) is 32.0. The summed E-state index contributed by atoms with van der Waals surface area (Å²) in [5.41, 5.74) is 1.14. The molecule has 1 aliphatic carbocycles. The molecule has 1 atom stereocenters. The summed E-state index contributed by atoms with van der Waals surface area (Å²) in [6.45, 7) is 3.74. The molecule has 2 heterocycles. The van der Waals surface area contributed by atoms with Crippen LogP contribution in [0.1, 0.15) is 51.0 Å². The van der Waals surface area contributed by atoms with Gasteiger partial charge in [0.1, 0.15) is 11.6 Å². The smallest absolute Gasteiger partial charge is 0.235 e. The van der Waals surface area contributed by atoms with Crippen LogP contribution in [0.25, 0.3) is 0 Å². The van der Waals surface area contributed by atoms with Crippen LogP contribution >= 0.6 is 0 Å². The Kier molecular flexibility index (Phi) is 4.14. The Labute approximate surface area is 147 Å². The zero-order valence-corrected chi connectivity index (χ0v) is 14.7. The van der Waals surface area contributed by atoms with Crippen LogP contribution in [-0.2, 0) is 15.0 Å². The second kappa shape index (κ2) is 6.20. The number of nitrogens with one attached hydrogen (secondary N) is 1. The molecule has 134 valence electrons. The molecule has 3 aliphatic rings. The maximum absolute atomic E-state index is 13.5. The summed E-state index contributed by atoms with van der Waals surface area (Å²) in [4.78, 5) is 26.5. The van der Waals surface area contributed by atoms with Gasteiger partial charge in [0.05, 0.1) is 5.41 Å². The molecule has 2 aliphatic heterocycles. The molecule has 0 radical (unpaired) electrons. The Balaban J connectivity index is 1.44. The maximum Gasteiger partial charge on any atom is 0.235 e. The molecule has 1 saturated carbocycles. The molecule has 0 unspecified atom stereocenters. The van der Waals surface area contributed by atoms with E-state index >= 15 is 0 Å². The first-order valence-electron chi connectivity index (χ1n) is 9.33. The van der Waals surface area contributed by atoms with E-state index in [4.69, 9.17) is 0 Å². The van der Waals surface area contributed by atoms with Gasteiger partial charge < -0.3 is 15.0 Å². The number of fused-ring (bicyclic) bond motifs is 2. The van der Waals surface area contributed by atoms with E-state index in [1.165, 1.54) is 12.1 Å². The molecule has 25 heavy (non-hydrogen) atoms. The van der Waals surface area contributed by atoms with Gasteiger partial charge in [-0.3, -0.25) is 4.79 Å². The largest absolute Gasteiger partial charge is 0.325 e. The zero-order valence-electron chi connectivity index (χ0n) is 14.7. The Morgan fingerprint density at radius 3 is 2.80 bits per heavy atom. The molecule has 4 rings (SSSR count). The molecule has 4 nitrogen and oxygen atoms in total. The number of carbonyl (C=O) groups excluding carboxylic acids is 2. The third-order valence-corrected chi connectivity index (χ3v) is 6.40. The number of likely N-dealkylation sites (tertiary alicyclic amines) is 1. The number of ketones is 1. The lowest BCUT2D eigenvalue weighted by atomic mass is 9.68. The molecule has 1 saturated heterocycles. The number of hydrogen-bond donors (Lipinski definition) is 1. The topological polar surface area (TPSA) is 49.4 Å². The van der Waals surface area contributed by atoms with Gasteiger partial charge in [-0.25, -0.2) is 4.39 Å². The number of halogens is 1. The summed E-state index contributed by atoms with van der Waals surface area (Å²) in [5, 5.41) is 2.88. The van der Waals surface area contributed by atoms with Crippen molar-refractivity contribution in [2.75, 3.05) is 18.4 Å². The number of anilines is 1. The molecule has 1 amide bonds. The quantitative estimate of drug-likeness (QED) is 0.916. The van der Waals surface area contributed by atoms with Crippen LogP contribution in [0.5, 0.6) is 0 Å². The SMILES string of the molecule is CC(=O)C[C@H]1CCN(C2CCC3(CC2)C(=O)Nc2cc(F)ccc23)C1. The predicted molar refractivity (Wildman–Crippen MR) is 93.9 cm³/mol. The van der Waals surface area contributed by atoms with Crippen molar-refractivity contribution in [1.29, 1.82) is 0 Å². The molecular formula is C20H25FN2O2. The summed E-state index contributed by atoms with van der Waals surface area (Å²) in [7, 11) is 0. The summed E-state index contributed by atoms with van der Waals surface area (Å²) in [6.07, 6.45) is 5.39. The minimum absolute atomic E-state index is 0.0300. The number of amides is 1. The predicted octanol–water partition coefficient (Wildman–Crippen LogP) is 3.26. The highest BCUT2D eigenvalue weighted by Gasteiger charge is 2.49. The average molecular weight is 344 g/mol. The fourth-order valence-electron chi connectivity index (χ4n) is 5.13. The summed E-state index contributed by atoms with van der Waals surface area (Å²) >= 11 is 0. The molecule has 0 bridgehead atoms. The third-order valence-electron chi connectivity index (χ3n) is 6.40. The van der Waals surface area contributed by atoms with Crippen LogP contribution in [0, 0.1) is 11.7 Å². The molecule has 1 aromatic carbocycles. The highest BCUT2D eigenvalue weighted by atomic mass is 19.1. The first-order valence-corrected chi connectivity index (χ1v) is 9.33. The van der Waals surface area contributed by atoms with E-state index in [-0.39, 0.29) is 17.5 Å². The van der Waals surface area contributed by atoms with Gasteiger partial charge in [-0.15, -0.1) is 0 Å². The van der Waals surface area contributed by atoms with Crippen molar-refractivity contribution < 1.29 is 14.0 Å². The van der Waals surface area contributed by atoms with Gasteiger partial charge in [0.15, 0.2) is 0 Å². The van der Waals surface area contributed by atoms with E-state index in [1.807, 2.05) is 0 Å². The van der Waals surface area contributed by atoms with Gasteiger partial charge in [-0.2, -0.15) is 0 Å². The molecule has 0 aromatic heterocycles. The van der Waals surface area contributed by atoms with Crippen molar-refractivity contribution in [2.45, 2.75) is 56.9 Å². The molecule has 1 N–H and O–H groups in total. The lowest BCUT2D eigenvalue weighted by Gasteiger charge is -2.39. The van der Waals surface area contributed by atoms with Crippen molar-refractivity contribution in [2.24, 2.45) is 5.92 Å². The Bertz CT molecular complexity index is 710. The van der Waals surface area contributed by atoms with E-state index in [2.05, 4.69) is 10.2 Å². The van der Waals surface area contributed by atoms with Gasteiger partial charge in [0.2, 0.25) is 5.91 Å². The van der Waals surface area contributed by atoms with Crippen molar-refractivity contribution >= 4 is 17.4 Å². The lowest BCUT2D eigenvalue weighted by Crippen LogP contribution is -2.44. The van der Waals surface area contributed by atoms with Crippen LogP contribution in [0.2, 0.25) is 0 Å². The van der Waals surface area contributed by atoms with E-state index in [0.29, 0.717) is 24.1 Å². The highest BCUT2D eigenvalue weighted by Crippen LogP contribution is 2.48. The van der Waals surface area contributed by atoms with Crippen molar-refractivity contribution in [3.8, 4) is 0 Å². The third kappa shape index (κ3) is 2.88. The van der Waals surface area contributed by atoms with Crippen LogP contribution in [0.4, 0.5) is 10.1 Å². The summed E-state index contributed by atoms with van der Waals surface area (Å²) < 4.78 is 13.5. The second-order valence-electron chi connectivity index (χ2n) is 8.01. The average Bonchev–Trinajstić information content (AvgIpc) is 3.11. The number of hydrogen-bond acceptors (Lipinski definition) is 3. The number of rotatable bonds is 3. The number of benzene rings is 1. The number of nitrogens with zero attached hydrogens (tertiary/aromatic N) is 1. The van der Waals surface area contributed by atoms with Gasteiger partial charge in [0, 0.05) is 24.7 Å². The van der Waals surface area contributed by atoms with Gasteiger partial charge in [-0.05, 0) is 69.2 Å². The van der Waals surface area contributed by atoms with Crippen molar-refractivity contribution in [1.82, 2.24) is 4.90 Å². The summed E-state index contributed by atoms with van der Waals surface area (Å²) in [6, 6.07) is 5.17. The molecular weight excluding hydrogens is 319 g/mol. The highest BCUT2D eigenvalue weighted by molar-refractivity contribution is 6.06. The monoisotopic (exact) mass is 344 g/mol. The number of carbonyl (C=O) groups is 2. The van der Waals surface area contributed by atoms with Crippen LogP contribution < -0.4 is 5.32 Å². The first-order chi connectivity index (χ1) is 12.0. The van der Waals surface area contributed by atoms with E-state index in [0.717, 1.165) is 50.8 Å². The Morgan fingerprint density at radius 1 is 1.32 bits per heavy atom. The van der Waals surface area contributed by atoms with E-state index in [9.17, 15) is 14.0 Å². The van der Waals surface area contributed by atoms with E-state index < -0.39 is 5.41 Å². The minimum atomic E-state index is -0.474. The lowest BCUT2D eigenvalue weighted by molar-refractivity contribution is -0.122. The van der Waals surface area contributed by atoms with E-state index in [1.54, 1.807) is 13.0 Å². The Morgan fingerprint density at radius 2 is 2.08 bits per heavy atom. The van der Waals surface area contributed by atoms with Crippen LogP contribution in [0.15, 0.2) is 18.2 Å². The fourth-order valence-corrected chi connectivity index (χ4v) is 5.13. The van der Waals surface area contributed by atoms with Gasteiger partial charge in [-0.1, -0.05) is 6.07 Å². The van der Waals surface area contributed by atoms with Crippen molar-refractivity contribution in [3.05, 3.63) is 29.6 Å². The molecule has 1 spiro atoms. The first kappa shape index (κ1) is 16.7. The second-order valence-corrected chi connectivity index (χ2v) is 8.01. The summed E-state index contributed by atoms with van der Waals surface area (Å²) in [5.74, 6) is 0.494. The van der Waals surface area contributed by atoms with Gasteiger partial charge >= 0.3 is 0 Å². The minimum Gasteiger partial charge on any atom is -0.325 e. The fraction of sp³-hybridized carbons (Fsp3) is 0.600. The zero-order chi connectivity index (χ0) is 17.6. The Hall–Kier alpha value is -1.75. The maximum atomic E-state index is 13.5. The van der Waals surface area contributed by atoms with Gasteiger partial charge in [0.25, 0.3) is 0 Å². The van der Waals surface area contributed by atoms with Crippen LogP contribution in [-0.4, -0.2) is 35.7 Å².